The van der Waals surface area contributed by atoms with E-state index in [2.05, 4.69) is 10.6 Å². The average molecular weight is 353 g/mol. The number of carbonyl (C=O) groups excluding carboxylic acids is 3. The lowest BCUT2D eigenvalue weighted by atomic mass is 10.1. The summed E-state index contributed by atoms with van der Waals surface area (Å²) in [6.45, 7) is 1.99. The van der Waals surface area contributed by atoms with Crippen LogP contribution in [0.2, 0.25) is 0 Å². The summed E-state index contributed by atoms with van der Waals surface area (Å²) in [7, 11) is 0. The van der Waals surface area contributed by atoms with Gasteiger partial charge in [0.15, 0.2) is 0 Å². The van der Waals surface area contributed by atoms with Gasteiger partial charge < -0.3 is 15.5 Å². The molecule has 0 unspecified atom stereocenters. The van der Waals surface area contributed by atoms with Gasteiger partial charge in [-0.25, -0.2) is 0 Å². The molecule has 136 valence electrons. The molecule has 0 saturated heterocycles. The van der Waals surface area contributed by atoms with Gasteiger partial charge in [-0.1, -0.05) is 60.7 Å². The zero-order valence-corrected chi connectivity index (χ0v) is 14.8. The lowest BCUT2D eigenvalue weighted by molar-refractivity contribution is -0.133. The molecule has 2 rings (SSSR count). The number of hydrogen-bond donors (Lipinski definition) is 2. The Hall–Kier alpha value is -3.15. The summed E-state index contributed by atoms with van der Waals surface area (Å²) in [5, 5.41) is 4.95. The Kier molecular flexibility index (Phi) is 7.36. The normalized spacial score (nSPS) is 10.0. The van der Waals surface area contributed by atoms with E-state index in [1.54, 1.807) is 4.90 Å². The molecule has 0 atom stereocenters. The van der Waals surface area contributed by atoms with E-state index in [1.807, 2.05) is 60.7 Å². The maximum atomic E-state index is 12.6. The Balaban J connectivity index is 1.98. The predicted octanol–water partition coefficient (Wildman–Crippen LogP) is 1.47. The van der Waals surface area contributed by atoms with Crippen molar-refractivity contribution in [3.63, 3.8) is 0 Å². The number of hydrogen-bond acceptors (Lipinski definition) is 3. The Morgan fingerprint density at radius 3 is 1.73 bits per heavy atom. The highest BCUT2D eigenvalue weighted by Gasteiger charge is 2.15. The van der Waals surface area contributed by atoms with Crippen LogP contribution in [0.4, 0.5) is 0 Å². The molecule has 6 heteroatoms. The molecule has 0 radical (unpaired) electrons. The lowest BCUT2D eigenvalue weighted by Gasteiger charge is -2.23. The second-order valence-electron chi connectivity index (χ2n) is 5.91. The van der Waals surface area contributed by atoms with Crippen LogP contribution >= 0.6 is 0 Å². The molecule has 6 nitrogen and oxygen atoms in total. The van der Waals surface area contributed by atoms with Gasteiger partial charge in [0.2, 0.25) is 17.7 Å². The summed E-state index contributed by atoms with van der Waals surface area (Å²) in [6.07, 6.45) is 0. The minimum Gasteiger partial charge on any atom is -0.347 e. The van der Waals surface area contributed by atoms with Gasteiger partial charge in [-0.15, -0.1) is 0 Å². The zero-order valence-electron chi connectivity index (χ0n) is 14.8. The van der Waals surface area contributed by atoms with Crippen LogP contribution in [0.5, 0.6) is 0 Å². The molecule has 0 fully saturated rings. The standard InChI is InChI=1S/C20H23N3O3/c1-16(24)21-12-19(25)22-13-20(26)23(14-17-8-4-2-5-9-17)15-18-10-6-3-7-11-18/h2-11H,12-15H2,1H3,(H,21,24)(H,22,25). The number of amides is 3. The van der Waals surface area contributed by atoms with E-state index in [0.717, 1.165) is 11.1 Å². The largest absolute Gasteiger partial charge is 0.347 e. The van der Waals surface area contributed by atoms with Crippen LogP contribution in [0.1, 0.15) is 18.1 Å². The quantitative estimate of drug-likeness (QED) is 0.754. The van der Waals surface area contributed by atoms with Gasteiger partial charge in [0.1, 0.15) is 0 Å². The summed E-state index contributed by atoms with van der Waals surface area (Å²) in [5.41, 5.74) is 2.03. The van der Waals surface area contributed by atoms with Crippen LogP contribution in [-0.4, -0.2) is 35.7 Å². The molecule has 26 heavy (non-hydrogen) atoms. The third-order valence-corrected chi connectivity index (χ3v) is 3.72. The number of benzene rings is 2. The van der Waals surface area contributed by atoms with Crippen molar-refractivity contribution in [2.45, 2.75) is 20.0 Å². The first-order valence-corrected chi connectivity index (χ1v) is 8.41. The molecule has 0 aliphatic rings. The fourth-order valence-corrected chi connectivity index (χ4v) is 2.39. The summed E-state index contributed by atoms with van der Waals surface area (Å²) in [4.78, 5) is 36.8. The zero-order chi connectivity index (χ0) is 18.8. The molecular formula is C20H23N3O3. The number of rotatable bonds is 8. The summed E-state index contributed by atoms with van der Waals surface area (Å²) in [6, 6.07) is 19.4. The van der Waals surface area contributed by atoms with Crippen molar-refractivity contribution in [1.29, 1.82) is 0 Å². The number of nitrogens with zero attached hydrogens (tertiary/aromatic N) is 1. The van der Waals surface area contributed by atoms with E-state index in [4.69, 9.17) is 0 Å². The van der Waals surface area contributed by atoms with Crippen LogP contribution in [0.3, 0.4) is 0 Å². The van der Waals surface area contributed by atoms with Gasteiger partial charge in [0, 0.05) is 20.0 Å². The van der Waals surface area contributed by atoms with E-state index < -0.39 is 5.91 Å². The van der Waals surface area contributed by atoms with Crippen molar-refractivity contribution in [3.8, 4) is 0 Å². The van der Waals surface area contributed by atoms with Gasteiger partial charge in [-0.05, 0) is 11.1 Å². The van der Waals surface area contributed by atoms with Crippen molar-refractivity contribution < 1.29 is 14.4 Å². The summed E-state index contributed by atoms with van der Waals surface area (Å²) in [5.74, 6) is -0.872. The van der Waals surface area contributed by atoms with Gasteiger partial charge in [-0.3, -0.25) is 14.4 Å². The molecule has 0 aliphatic heterocycles. The minimum atomic E-state index is -0.395. The van der Waals surface area contributed by atoms with Gasteiger partial charge in [0.25, 0.3) is 0 Å². The number of carbonyl (C=O) groups is 3. The fraction of sp³-hybridized carbons (Fsp3) is 0.250. The Morgan fingerprint density at radius 2 is 1.27 bits per heavy atom. The highest BCUT2D eigenvalue weighted by atomic mass is 16.2. The molecule has 0 saturated carbocycles. The lowest BCUT2D eigenvalue weighted by Crippen LogP contribution is -2.42. The molecule has 2 aromatic rings. The second kappa shape index (κ2) is 9.98. The molecule has 0 bridgehead atoms. The van der Waals surface area contributed by atoms with Crippen LogP contribution < -0.4 is 10.6 Å². The van der Waals surface area contributed by atoms with Crippen LogP contribution in [0.15, 0.2) is 60.7 Å². The van der Waals surface area contributed by atoms with Crippen molar-refractivity contribution in [1.82, 2.24) is 15.5 Å². The molecule has 0 aromatic heterocycles. The highest BCUT2D eigenvalue weighted by molar-refractivity contribution is 5.87. The molecule has 0 spiro atoms. The van der Waals surface area contributed by atoms with Gasteiger partial charge in [0.05, 0.1) is 13.1 Å². The Labute approximate surface area is 153 Å². The van der Waals surface area contributed by atoms with Crippen LogP contribution in [-0.2, 0) is 27.5 Å². The summed E-state index contributed by atoms with van der Waals surface area (Å²) < 4.78 is 0. The average Bonchev–Trinajstić information content (AvgIpc) is 2.65. The third kappa shape index (κ3) is 6.76. The minimum absolute atomic E-state index is 0.113. The highest BCUT2D eigenvalue weighted by Crippen LogP contribution is 2.10. The van der Waals surface area contributed by atoms with E-state index in [9.17, 15) is 14.4 Å². The smallest absolute Gasteiger partial charge is 0.242 e. The topological polar surface area (TPSA) is 78.5 Å². The van der Waals surface area contributed by atoms with E-state index >= 15 is 0 Å². The Morgan fingerprint density at radius 1 is 0.769 bits per heavy atom. The predicted molar refractivity (Wildman–Crippen MR) is 98.8 cm³/mol. The van der Waals surface area contributed by atoms with Crippen molar-refractivity contribution in [3.05, 3.63) is 71.8 Å². The van der Waals surface area contributed by atoms with Gasteiger partial charge >= 0.3 is 0 Å². The maximum absolute atomic E-state index is 12.6. The van der Waals surface area contributed by atoms with E-state index in [0.29, 0.717) is 13.1 Å². The van der Waals surface area contributed by atoms with E-state index in [-0.39, 0.29) is 24.9 Å². The molecular weight excluding hydrogens is 330 g/mol. The van der Waals surface area contributed by atoms with Crippen LogP contribution in [0, 0.1) is 0 Å². The van der Waals surface area contributed by atoms with E-state index in [1.165, 1.54) is 6.92 Å². The first kappa shape index (κ1) is 19.2. The first-order valence-electron chi connectivity index (χ1n) is 8.41. The second-order valence-corrected chi connectivity index (χ2v) is 5.91. The molecule has 2 aromatic carbocycles. The summed E-state index contributed by atoms with van der Waals surface area (Å²) >= 11 is 0. The van der Waals surface area contributed by atoms with Crippen LogP contribution in [0.25, 0.3) is 0 Å². The monoisotopic (exact) mass is 353 g/mol. The molecule has 3 amide bonds. The van der Waals surface area contributed by atoms with Crippen molar-refractivity contribution in [2.24, 2.45) is 0 Å². The maximum Gasteiger partial charge on any atom is 0.242 e. The number of nitrogens with one attached hydrogen (secondary N) is 2. The van der Waals surface area contributed by atoms with Crippen molar-refractivity contribution >= 4 is 17.7 Å². The fourth-order valence-electron chi connectivity index (χ4n) is 2.39. The molecule has 2 N–H and O–H groups in total. The third-order valence-electron chi connectivity index (χ3n) is 3.72. The first-order chi connectivity index (χ1) is 12.5. The SMILES string of the molecule is CC(=O)NCC(=O)NCC(=O)N(Cc1ccccc1)Cc1ccccc1. The van der Waals surface area contributed by atoms with Crippen molar-refractivity contribution in [2.75, 3.05) is 13.1 Å². The molecule has 0 aliphatic carbocycles. The van der Waals surface area contributed by atoms with Gasteiger partial charge in [-0.2, -0.15) is 0 Å². The Bertz CT molecular complexity index is 691. The molecule has 0 heterocycles.